The summed E-state index contributed by atoms with van der Waals surface area (Å²) >= 11 is 5.95. The van der Waals surface area contributed by atoms with Crippen molar-refractivity contribution < 1.29 is 4.79 Å². The Labute approximate surface area is 110 Å². The minimum Gasteiger partial charge on any atom is -0.334 e. The summed E-state index contributed by atoms with van der Waals surface area (Å²) in [5.41, 5.74) is 1.21. The van der Waals surface area contributed by atoms with Crippen LogP contribution < -0.4 is 0 Å². The topological polar surface area (TPSA) is 56.0 Å². The van der Waals surface area contributed by atoms with Crippen LogP contribution in [0, 0.1) is 0 Å². The van der Waals surface area contributed by atoms with E-state index in [0.29, 0.717) is 11.6 Å². The van der Waals surface area contributed by atoms with Gasteiger partial charge in [0.25, 0.3) is 5.91 Å². The van der Waals surface area contributed by atoms with Gasteiger partial charge in [0.15, 0.2) is 5.69 Å². The Morgan fingerprint density at radius 1 is 1.50 bits per heavy atom. The molecule has 0 atom stereocenters. The quantitative estimate of drug-likeness (QED) is 0.836. The molecule has 0 aromatic carbocycles. The number of carbonyl (C=O) groups is 1. The molecule has 2 aromatic heterocycles. The average Bonchev–Trinajstić information content (AvgIpc) is 2.85. The van der Waals surface area contributed by atoms with Gasteiger partial charge in [-0.2, -0.15) is 10.2 Å². The number of aromatic nitrogens is 4. The summed E-state index contributed by atoms with van der Waals surface area (Å²) in [6.07, 6.45) is 3.30. The fourth-order valence-electron chi connectivity index (χ4n) is 1.66. The highest BCUT2D eigenvalue weighted by molar-refractivity contribution is 6.33. The second kappa shape index (κ2) is 4.81. The van der Waals surface area contributed by atoms with Crippen molar-refractivity contribution in [3.63, 3.8) is 0 Å². The van der Waals surface area contributed by atoms with Crippen LogP contribution in [-0.4, -0.2) is 37.4 Å². The van der Waals surface area contributed by atoms with Crippen LogP contribution in [0.2, 0.25) is 5.02 Å². The Morgan fingerprint density at radius 2 is 2.22 bits per heavy atom. The highest BCUT2D eigenvalue weighted by atomic mass is 35.5. The number of amides is 1. The van der Waals surface area contributed by atoms with E-state index >= 15 is 0 Å². The summed E-state index contributed by atoms with van der Waals surface area (Å²) < 4.78 is 3.25. The van der Waals surface area contributed by atoms with Crippen molar-refractivity contribution in [1.29, 1.82) is 0 Å². The van der Waals surface area contributed by atoms with Gasteiger partial charge in [-0.1, -0.05) is 11.6 Å². The molecule has 0 bridgehead atoms. The zero-order valence-electron chi connectivity index (χ0n) is 10.5. The van der Waals surface area contributed by atoms with Gasteiger partial charge in [-0.05, 0) is 6.07 Å². The van der Waals surface area contributed by atoms with Gasteiger partial charge < -0.3 is 4.90 Å². The number of rotatable bonds is 3. The van der Waals surface area contributed by atoms with Crippen LogP contribution >= 0.6 is 11.6 Å². The molecule has 7 heteroatoms. The van der Waals surface area contributed by atoms with Crippen LogP contribution in [0.15, 0.2) is 18.5 Å². The third kappa shape index (κ3) is 2.38. The minimum absolute atomic E-state index is 0.207. The highest BCUT2D eigenvalue weighted by Crippen LogP contribution is 2.15. The van der Waals surface area contributed by atoms with Crippen molar-refractivity contribution in [3.8, 4) is 0 Å². The summed E-state index contributed by atoms with van der Waals surface area (Å²) in [5.74, 6) is -0.207. The first-order chi connectivity index (χ1) is 8.49. The Kier molecular flexibility index (Phi) is 3.38. The SMILES string of the molecule is CN(Cc1ccnn1C)C(=O)c1nn(C)cc1Cl. The molecule has 0 radical (unpaired) electrons. The lowest BCUT2D eigenvalue weighted by Crippen LogP contribution is -2.28. The number of carbonyl (C=O) groups excluding carboxylic acids is 1. The van der Waals surface area contributed by atoms with Crippen LogP contribution in [0.3, 0.4) is 0 Å². The Bertz CT molecular complexity index is 574. The first kappa shape index (κ1) is 12.6. The van der Waals surface area contributed by atoms with Crippen molar-refractivity contribution in [2.45, 2.75) is 6.54 Å². The molecule has 2 heterocycles. The molecule has 0 aliphatic rings. The molecule has 0 saturated carbocycles. The molecule has 0 N–H and O–H groups in total. The van der Waals surface area contributed by atoms with Gasteiger partial charge in [0, 0.05) is 33.5 Å². The van der Waals surface area contributed by atoms with Crippen molar-refractivity contribution in [1.82, 2.24) is 24.5 Å². The molecule has 96 valence electrons. The average molecular weight is 268 g/mol. The number of hydrogen-bond donors (Lipinski definition) is 0. The van der Waals surface area contributed by atoms with Crippen LogP contribution in [0.1, 0.15) is 16.2 Å². The molecule has 0 aliphatic heterocycles. The third-order valence-corrected chi connectivity index (χ3v) is 2.93. The molecule has 0 unspecified atom stereocenters. The van der Waals surface area contributed by atoms with E-state index in [0.717, 1.165) is 5.69 Å². The molecule has 2 aromatic rings. The summed E-state index contributed by atoms with van der Waals surface area (Å²) in [5, 5.41) is 8.47. The summed E-state index contributed by atoms with van der Waals surface area (Å²) in [6.45, 7) is 0.461. The Balaban J connectivity index is 2.14. The third-order valence-electron chi connectivity index (χ3n) is 2.66. The molecule has 0 saturated heterocycles. The molecule has 0 spiro atoms. The summed E-state index contributed by atoms with van der Waals surface area (Å²) in [7, 11) is 5.27. The molecular formula is C11H14ClN5O. The lowest BCUT2D eigenvalue weighted by molar-refractivity contribution is 0.0775. The lowest BCUT2D eigenvalue weighted by Gasteiger charge is -2.16. The minimum atomic E-state index is -0.207. The first-order valence-corrected chi connectivity index (χ1v) is 5.78. The van der Waals surface area contributed by atoms with E-state index in [-0.39, 0.29) is 11.6 Å². The molecular weight excluding hydrogens is 254 g/mol. The maximum atomic E-state index is 12.2. The molecule has 18 heavy (non-hydrogen) atoms. The second-order valence-electron chi connectivity index (χ2n) is 4.11. The van der Waals surface area contributed by atoms with Crippen LogP contribution in [0.25, 0.3) is 0 Å². The predicted octanol–water partition coefficient (Wildman–Crippen LogP) is 1.08. The predicted molar refractivity (Wildman–Crippen MR) is 67.2 cm³/mol. The van der Waals surface area contributed by atoms with Gasteiger partial charge in [0.2, 0.25) is 0 Å². The summed E-state index contributed by atoms with van der Waals surface area (Å²) in [6, 6.07) is 1.86. The van der Waals surface area contributed by atoms with E-state index < -0.39 is 0 Å². The fraction of sp³-hybridized carbons (Fsp3) is 0.364. The van der Waals surface area contributed by atoms with E-state index in [1.54, 1.807) is 36.1 Å². The van der Waals surface area contributed by atoms with Gasteiger partial charge in [-0.3, -0.25) is 14.2 Å². The van der Waals surface area contributed by atoms with E-state index in [9.17, 15) is 4.79 Å². The molecule has 6 nitrogen and oxygen atoms in total. The number of aryl methyl sites for hydroxylation is 2. The Hall–Kier alpha value is -1.82. The number of halogens is 1. The lowest BCUT2D eigenvalue weighted by atomic mass is 10.3. The standard InChI is InChI=1S/C11H14ClN5O/c1-15(6-8-4-5-13-17(8)3)11(18)10-9(12)7-16(2)14-10/h4-5,7H,6H2,1-3H3. The second-order valence-corrected chi connectivity index (χ2v) is 4.51. The molecule has 2 rings (SSSR count). The normalized spacial score (nSPS) is 10.7. The first-order valence-electron chi connectivity index (χ1n) is 5.40. The van der Waals surface area contributed by atoms with Crippen molar-refractivity contribution in [3.05, 3.63) is 34.9 Å². The van der Waals surface area contributed by atoms with E-state index in [2.05, 4.69) is 10.2 Å². The smallest absolute Gasteiger partial charge is 0.276 e. The zero-order valence-corrected chi connectivity index (χ0v) is 11.2. The van der Waals surface area contributed by atoms with Gasteiger partial charge in [0.05, 0.1) is 17.3 Å². The maximum Gasteiger partial charge on any atom is 0.276 e. The van der Waals surface area contributed by atoms with Gasteiger partial charge >= 0.3 is 0 Å². The largest absolute Gasteiger partial charge is 0.334 e. The Morgan fingerprint density at radius 3 is 2.72 bits per heavy atom. The van der Waals surface area contributed by atoms with Gasteiger partial charge in [-0.25, -0.2) is 0 Å². The molecule has 1 amide bonds. The fourth-order valence-corrected chi connectivity index (χ4v) is 1.92. The van der Waals surface area contributed by atoms with Crippen LogP contribution in [0.5, 0.6) is 0 Å². The van der Waals surface area contributed by atoms with Crippen molar-refractivity contribution >= 4 is 17.5 Å². The van der Waals surface area contributed by atoms with Crippen molar-refractivity contribution in [2.24, 2.45) is 14.1 Å². The maximum absolute atomic E-state index is 12.2. The number of hydrogen-bond acceptors (Lipinski definition) is 3. The summed E-state index contributed by atoms with van der Waals surface area (Å²) in [4.78, 5) is 13.7. The van der Waals surface area contributed by atoms with Gasteiger partial charge in [-0.15, -0.1) is 0 Å². The van der Waals surface area contributed by atoms with E-state index in [4.69, 9.17) is 11.6 Å². The van der Waals surface area contributed by atoms with E-state index in [1.165, 1.54) is 4.68 Å². The van der Waals surface area contributed by atoms with Gasteiger partial charge in [0.1, 0.15) is 0 Å². The van der Waals surface area contributed by atoms with Crippen LogP contribution in [0.4, 0.5) is 0 Å². The van der Waals surface area contributed by atoms with E-state index in [1.807, 2.05) is 13.1 Å². The number of nitrogens with zero attached hydrogens (tertiary/aromatic N) is 5. The van der Waals surface area contributed by atoms with Crippen molar-refractivity contribution in [2.75, 3.05) is 7.05 Å². The van der Waals surface area contributed by atoms with Crippen LogP contribution in [-0.2, 0) is 20.6 Å². The molecule has 0 fully saturated rings. The zero-order chi connectivity index (χ0) is 13.3. The highest BCUT2D eigenvalue weighted by Gasteiger charge is 2.19. The molecule has 0 aliphatic carbocycles. The monoisotopic (exact) mass is 267 g/mol.